The van der Waals surface area contributed by atoms with Crippen LogP contribution in [0.2, 0.25) is 0 Å². The summed E-state index contributed by atoms with van der Waals surface area (Å²) in [5.41, 5.74) is 7.24. The number of nitrogens with two attached hydrogens (primary N) is 1. The first-order valence-electron chi connectivity index (χ1n) is 8.00. The van der Waals surface area contributed by atoms with E-state index in [0.29, 0.717) is 32.5 Å². The molecule has 0 heterocycles. The van der Waals surface area contributed by atoms with E-state index in [0.717, 1.165) is 24.3 Å². The standard InChI is InChI=1S/C14H32N4O4Si/c1-6-13(3)17-21-23(12-16-9-8-15,20-11-10-19-5)22-18-14(4)7-2/h16H,6-12,15H2,1-5H3. The van der Waals surface area contributed by atoms with Crippen molar-refractivity contribution in [2.45, 2.75) is 40.5 Å². The van der Waals surface area contributed by atoms with Crippen molar-refractivity contribution in [1.29, 1.82) is 0 Å². The molecule has 0 unspecified atom stereocenters. The maximum absolute atomic E-state index is 5.86. The fourth-order valence-electron chi connectivity index (χ4n) is 1.23. The molecule has 0 atom stereocenters. The van der Waals surface area contributed by atoms with Gasteiger partial charge >= 0.3 is 8.80 Å². The van der Waals surface area contributed by atoms with E-state index < -0.39 is 8.80 Å². The van der Waals surface area contributed by atoms with Gasteiger partial charge in [-0.2, -0.15) is 0 Å². The zero-order valence-corrected chi connectivity index (χ0v) is 16.1. The molecule has 0 aliphatic heterocycles. The molecule has 0 saturated heterocycles. The number of oxime groups is 2. The maximum Gasteiger partial charge on any atom is 0.688 e. The second kappa shape index (κ2) is 13.4. The Kier molecular flexibility index (Phi) is 12.9. The molecule has 0 amide bonds. The first kappa shape index (κ1) is 22.0. The molecule has 0 rings (SSSR count). The lowest BCUT2D eigenvalue weighted by Crippen LogP contribution is -2.53. The lowest BCUT2D eigenvalue weighted by molar-refractivity contribution is 0.0413. The van der Waals surface area contributed by atoms with Crippen molar-refractivity contribution in [2.75, 3.05) is 39.6 Å². The lowest BCUT2D eigenvalue weighted by atomic mass is 10.3. The van der Waals surface area contributed by atoms with Crippen LogP contribution in [-0.2, 0) is 18.2 Å². The predicted molar refractivity (Wildman–Crippen MR) is 94.5 cm³/mol. The van der Waals surface area contributed by atoms with Gasteiger partial charge in [0.15, 0.2) is 0 Å². The number of hydrogen-bond acceptors (Lipinski definition) is 8. The Hall–Kier alpha value is -1.00. The van der Waals surface area contributed by atoms with Gasteiger partial charge in [0.05, 0.1) is 30.8 Å². The van der Waals surface area contributed by atoms with Crippen LogP contribution in [0.4, 0.5) is 0 Å². The van der Waals surface area contributed by atoms with Gasteiger partial charge in [-0.15, -0.1) is 10.3 Å². The van der Waals surface area contributed by atoms with E-state index in [9.17, 15) is 0 Å². The van der Waals surface area contributed by atoms with Crippen LogP contribution in [0, 0.1) is 0 Å². The van der Waals surface area contributed by atoms with Crippen molar-refractivity contribution < 1.29 is 18.2 Å². The predicted octanol–water partition coefficient (Wildman–Crippen LogP) is 1.28. The molecule has 0 bridgehead atoms. The molecule has 0 radical (unpaired) electrons. The minimum Gasteiger partial charge on any atom is -0.382 e. The van der Waals surface area contributed by atoms with Gasteiger partial charge in [0.25, 0.3) is 0 Å². The molecule has 0 aromatic rings. The molecule has 0 aromatic heterocycles. The summed E-state index contributed by atoms with van der Waals surface area (Å²) in [5, 5.41) is 11.4. The van der Waals surface area contributed by atoms with E-state index >= 15 is 0 Å². The summed E-state index contributed by atoms with van der Waals surface area (Å²) >= 11 is 0. The molecule has 9 heteroatoms. The molecule has 0 aromatic carbocycles. The number of nitrogens with one attached hydrogen (secondary N) is 1. The molecule has 0 aliphatic rings. The van der Waals surface area contributed by atoms with Gasteiger partial charge < -0.3 is 29.3 Å². The van der Waals surface area contributed by atoms with Crippen molar-refractivity contribution in [3.05, 3.63) is 0 Å². The van der Waals surface area contributed by atoms with Crippen molar-refractivity contribution in [1.82, 2.24) is 5.32 Å². The lowest BCUT2D eigenvalue weighted by Gasteiger charge is -2.25. The van der Waals surface area contributed by atoms with Crippen LogP contribution in [0.5, 0.6) is 0 Å². The largest absolute Gasteiger partial charge is 0.688 e. The number of rotatable bonds is 14. The molecule has 3 N–H and O–H groups in total. The fraction of sp³-hybridized carbons (Fsp3) is 0.857. The van der Waals surface area contributed by atoms with Crippen molar-refractivity contribution >= 4 is 20.2 Å². The summed E-state index contributed by atoms with van der Waals surface area (Å²) in [5.74, 6) is 0. The summed E-state index contributed by atoms with van der Waals surface area (Å²) in [4.78, 5) is 0. The minimum atomic E-state index is -3.15. The van der Waals surface area contributed by atoms with E-state index in [-0.39, 0.29) is 0 Å². The monoisotopic (exact) mass is 348 g/mol. The summed E-state index contributed by atoms with van der Waals surface area (Å²) in [6.07, 6.45) is 1.95. The third-order valence-electron chi connectivity index (χ3n) is 2.98. The van der Waals surface area contributed by atoms with Crippen LogP contribution >= 0.6 is 0 Å². The van der Waals surface area contributed by atoms with Crippen LogP contribution in [0.25, 0.3) is 0 Å². The van der Waals surface area contributed by atoms with Gasteiger partial charge in [-0.25, -0.2) is 0 Å². The molecule has 23 heavy (non-hydrogen) atoms. The zero-order chi connectivity index (χ0) is 17.6. The second-order valence-corrected chi connectivity index (χ2v) is 7.41. The topological polar surface area (TPSA) is 99.7 Å². The summed E-state index contributed by atoms with van der Waals surface area (Å²) in [6.45, 7) is 9.71. The smallest absolute Gasteiger partial charge is 0.382 e. The summed E-state index contributed by atoms with van der Waals surface area (Å²) in [7, 11) is -1.54. The molecule has 136 valence electrons. The van der Waals surface area contributed by atoms with Gasteiger partial charge in [0, 0.05) is 20.2 Å². The molecular formula is C14H32N4O4Si. The van der Waals surface area contributed by atoms with Crippen LogP contribution in [0.3, 0.4) is 0 Å². The Bertz CT molecular complexity index is 333. The fourth-order valence-corrected chi connectivity index (χ4v) is 3.07. The minimum absolute atomic E-state index is 0.342. The van der Waals surface area contributed by atoms with Gasteiger partial charge in [-0.3, -0.25) is 0 Å². The normalized spacial score (nSPS) is 15.4. The highest BCUT2D eigenvalue weighted by atomic mass is 28.4. The molecule has 0 spiro atoms. The maximum atomic E-state index is 5.86. The van der Waals surface area contributed by atoms with Gasteiger partial charge in [0.2, 0.25) is 0 Å². The highest BCUT2D eigenvalue weighted by Gasteiger charge is 2.48. The Morgan fingerprint density at radius 3 is 2.04 bits per heavy atom. The highest BCUT2D eigenvalue weighted by Crippen LogP contribution is 2.12. The number of hydrogen-bond donors (Lipinski definition) is 2. The second-order valence-electron chi connectivity index (χ2n) is 5.03. The number of ether oxygens (including phenoxy) is 1. The van der Waals surface area contributed by atoms with Crippen molar-refractivity contribution in [2.24, 2.45) is 16.0 Å². The first-order chi connectivity index (χ1) is 11.0. The Morgan fingerprint density at radius 2 is 1.61 bits per heavy atom. The molecule has 8 nitrogen and oxygen atoms in total. The average Bonchev–Trinajstić information content (AvgIpc) is 2.57. The Balaban J connectivity index is 5.13. The first-order valence-corrected chi connectivity index (χ1v) is 9.93. The van der Waals surface area contributed by atoms with Gasteiger partial charge in [0.1, 0.15) is 0 Å². The summed E-state index contributed by atoms with van der Waals surface area (Å²) < 4.78 is 22.3. The van der Waals surface area contributed by atoms with E-state index in [1.165, 1.54) is 0 Å². The SMILES string of the molecule is CCC(C)=NO[Si](CNCCN)(OCCOC)ON=C(C)CC. The third kappa shape index (κ3) is 10.4. The molecule has 0 aliphatic carbocycles. The average molecular weight is 349 g/mol. The van der Waals surface area contributed by atoms with E-state index in [2.05, 4.69) is 15.6 Å². The van der Waals surface area contributed by atoms with Crippen LogP contribution in [0.1, 0.15) is 40.5 Å². The van der Waals surface area contributed by atoms with Gasteiger partial charge in [-0.05, 0) is 26.7 Å². The Labute approximate surface area is 140 Å². The van der Waals surface area contributed by atoms with Crippen LogP contribution in [-0.4, -0.2) is 59.8 Å². The van der Waals surface area contributed by atoms with Crippen LogP contribution in [0.15, 0.2) is 10.3 Å². The van der Waals surface area contributed by atoms with Crippen molar-refractivity contribution in [3.63, 3.8) is 0 Å². The quantitative estimate of drug-likeness (QED) is 0.212. The number of methoxy groups -OCH3 is 1. The van der Waals surface area contributed by atoms with Crippen molar-refractivity contribution in [3.8, 4) is 0 Å². The van der Waals surface area contributed by atoms with Gasteiger partial charge in [-0.1, -0.05) is 13.8 Å². The molecule has 0 fully saturated rings. The number of nitrogens with zero attached hydrogens (tertiary/aromatic N) is 2. The molecule has 0 saturated carbocycles. The summed E-state index contributed by atoms with van der Waals surface area (Å²) in [6, 6.07) is 0. The van der Waals surface area contributed by atoms with E-state index in [4.69, 9.17) is 23.9 Å². The van der Waals surface area contributed by atoms with E-state index in [1.54, 1.807) is 7.11 Å². The Morgan fingerprint density at radius 1 is 1.04 bits per heavy atom. The zero-order valence-electron chi connectivity index (χ0n) is 15.1. The third-order valence-corrected chi connectivity index (χ3v) is 5.04. The van der Waals surface area contributed by atoms with Crippen LogP contribution < -0.4 is 11.1 Å². The molecular weight excluding hydrogens is 316 g/mol. The highest BCUT2D eigenvalue weighted by molar-refractivity contribution is 6.60. The van der Waals surface area contributed by atoms with E-state index in [1.807, 2.05) is 27.7 Å².